The number of hydrogen-bond acceptors (Lipinski definition) is 0. The van der Waals surface area contributed by atoms with Gasteiger partial charge in [-0.3, -0.25) is 0 Å². The van der Waals surface area contributed by atoms with E-state index >= 15 is 0 Å². The smallest absolute Gasteiger partial charge is 0.0454 e. The van der Waals surface area contributed by atoms with Gasteiger partial charge in [0.25, 0.3) is 0 Å². The predicted octanol–water partition coefficient (Wildman–Crippen LogP) is 4.52. The third kappa shape index (κ3) is 3.25. The van der Waals surface area contributed by atoms with Crippen LogP contribution in [0.2, 0.25) is 0 Å². The molecule has 0 N–H and O–H groups in total. The van der Waals surface area contributed by atoms with Crippen molar-refractivity contribution in [1.29, 1.82) is 0 Å². The summed E-state index contributed by atoms with van der Waals surface area (Å²) in [6, 6.07) is 0. The van der Waals surface area contributed by atoms with Crippen LogP contribution in [0.5, 0.6) is 0 Å². The van der Waals surface area contributed by atoms with E-state index in [4.69, 9.17) is 11.6 Å². The molecule has 0 saturated carbocycles. The van der Waals surface area contributed by atoms with Crippen molar-refractivity contribution in [2.45, 2.75) is 19.8 Å². The van der Waals surface area contributed by atoms with Crippen LogP contribution in [0.3, 0.4) is 0 Å². The Balaban J connectivity index is 2.16. The molecule has 0 radical (unpaired) electrons. The number of allylic oxidation sites excluding steroid dienone is 10. The minimum Gasteiger partial charge on any atom is -0.0928 e. The van der Waals surface area contributed by atoms with E-state index < -0.39 is 0 Å². The molecular weight excluding hydrogens is 228 g/mol. The van der Waals surface area contributed by atoms with Crippen LogP contribution in [-0.2, 0) is 0 Å². The third-order valence-corrected chi connectivity index (χ3v) is 3.39. The molecule has 0 saturated heterocycles. The molecule has 0 heterocycles. The van der Waals surface area contributed by atoms with Gasteiger partial charge in [-0.05, 0) is 31.1 Å². The molecular formula is C16H15Cl. The largest absolute Gasteiger partial charge is 0.0928 e. The molecule has 0 nitrogen and oxygen atoms in total. The van der Waals surface area contributed by atoms with E-state index in [1.807, 2.05) is 12.2 Å². The van der Waals surface area contributed by atoms with Crippen molar-refractivity contribution in [2.75, 3.05) is 0 Å². The molecule has 0 spiro atoms. The lowest BCUT2D eigenvalue weighted by atomic mass is 9.92. The number of halogens is 1. The van der Waals surface area contributed by atoms with Crippen LogP contribution in [0.1, 0.15) is 19.8 Å². The zero-order valence-corrected chi connectivity index (χ0v) is 10.7. The minimum absolute atomic E-state index is 0.427. The Morgan fingerprint density at radius 3 is 3.12 bits per heavy atom. The van der Waals surface area contributed by atoms with E-state index in [-0.39, 0.29) is 0 Å². The van der Waals surface area contributed by atoms with Crippen LogP contribution in [0.15, 0.2) is 58.7 Å². The molecule has 2 aliphatic carbocycles. The molecule has 1 unspecified atom stereocenters. The first-order chi connectivity index (χ1) is 8.27. The number of rotatable bonds is 2. The molecule has 0 bridgehead atoms. The first-order valence-corrected chi connectivity index (χ1v) is 6.19. The Morgan fingerprint density at radius 2 is 2.24 bits per heavy atom. The summed E-state index contributed by atoms with van der Waals surface area (Å²) < 4.78 is 0. The highest BCUT2D eigenvalue weighted by Crippen LogP contribution is 2.28. The molecule has 2 aliphatic rings. The highest BCUT2D eigenvalue weighted by Gasteiger charge is 2.12. The summed E-state index contributed by atoms with van der Waals surface area (Å²) in [5.74, 6) is 6.41. The molecule has 86 valence electrons. The Hall–Kier alpha value is -1.45. The van der Waals surface area contributed by atoms with Gasteiger partial charge in [0.05, 0.1) is 0 Å². The average molecular weight is 243 g/mol. The lowest BCUT2D eigenvalue weighted by molar-refractivity contribution is 0.754. The Morgan fingerprint density at radius 1 is 1.35 bits per heavy atom. The monoisotopic (exact) mass is 242 g/mol. The van der Waals surface area contributed by atoms with E-state index in [9.17, 15) is 0 Å². The van der Waals surface area contributed by atoms with Crippen molar-refractivity contribution in [3.05, 3.63) is 58.7 Å². The fraction of sp³-hybridized carbons (Fsp3) is 0.250. The van der Waals surface area contributed by atoms with Crippen LogP contribution in [0.4, 0.5) is 0 Å². The van der Waals surface area contributed by atoms with E-state index in [1.165, 1.54) is 11.1 Å². The second-order valence-electron chi connectivity index (χ2n) is 4.25. The topological polar surface area (TPSA) is 0 Å². The minimum atomic E-state index is 0.427. The summed E-state index contributed by atoms with van der Waals surface area (Å²) in [6.07, 6.45) is 16.2. The molecule has 17 heavy (non-hydrogen) atoms. The van der Waals surface area contributed by atoms with Gasteiger partial charge >= 0.3 is 0 Å². The fourth-order valence-corrected chi connectivity index (χ4v) is 2.13. The van der Waals surface area contributed by atoms with Crippen LogP contribution in [-0.4, -0.2) is 0 Å². The number of hydrogen-bond donors (Lipinski definition) is 0. The van der Waals surface area contributed by atoms with Crippen LogP contribution in [0, 0.1) is 17.8 Å². The molecule has 0 amide bonds. The summed E-state index contributed by atoms with van der Waals surface area (Å²) in [5.41, 5.74) is 2.55. The van der Waals surface area contributed by atoms with Gasteiger partial charge in [-0.2, -0.15) is 0 Å². The Bertz CT molecular complexity index is 501. The standard InChI is InChI=1S/C16H15Cl/c1-13-8-4-2-5-9-14(13)12-15-10-6-3-7-11-16(15)17/h2,4-6,8-10,14H,11-12H2,1H3. The molecule has 0 aromatic carbocycles. The molecule has 0 aromatic rings. The van der Waals surface area contributed by atoms with Crippen LogP contribution in [0.25, 0.3) is 0 Å². The Labute approximate surface area is 108 Å². The maximum Gasteiger partial charge on any atom is 0.0454 e. The van der Waals surface area contributed by atoms with E-state index in [0.717, 1.165) is 11.5 Å². The molecule has 2 rings (SSSR count). The second-order valence-corrected chi connectivity index (χ2v) is 4.71. The van der Waals surface area contributed by atoms with Gasteiger partial charge in [0.15, 0.2) is 0 Å². The fourth-order valence-electron chi connectivity index (χ4n) is 1.92. The second kappa shape index (κ2) is 5.75. The lowest BCUT2D eigenvalue weighted by Crippen LogP contribution is -2.00. The SMILES string of the molecule is CC1=CC=CC=CC1CC1=C(Cl)CC#CC=C1. The summed E-state index contributed by atoms with van der Waals surface area (Å²) in [5, 5.41) is 0.879. The van der Waals surface area contributed by atoms with Gasteiger partial charge in [-0.1, -0.05) is 59.4 Å². The highest BCUT2D eigenvalue weighted by atomic mass is 35.5. The van der Waals surface area contributed by atoms with Gasteiger partial charge in [-0.25, -0.2) is 0 Å². The predicted molar refractivity (Wildman–Crippen MR) is 74.6 cm³/mol. The first-order valence-electron chi connectivity index (χ1n) is 5.81. The van der Waals surface area contributed by atoms with Crippen molar-refractivity contribution >= 4 is 11.6 Å². The van der Waals surface area contributed by atoms with E-state index in [1.54, 1.807) is 0 Å². The zero-order chi connectivity index (χ0) is 12.1. The van der Waals surface area contributed by atoms with Crippen molar-refractivity contribution in [1.82, 2.24) is 0 Å². The highest BCUT2D eigenvalue weighted by molar-refractivity contribution is 6.30. The van der Waals surface area contributed by atoms with Crippen molar-refractivity contribution in [3.8, 4) is 11.8 Å². The van der Waals surface area contributed by atoms with Gasteiger partial charge in [0.2, 0.25) is 0 Å². The average Bonchev–Trinajstić information content (AvgIpc) is 2.63. The summed E-state index contributed by atoms with van der Waals surface area (Å²) in [6.45, 7) is 2.16. The van der Waals surface area contributed by atoms with Gasteiger partial charge in [-0.15, -0.1) is 0 Å². The van der Waals surface area contributed by atoms with Crippen LogP contribution < -0.4 is 0 Å². The summed E-state index contributed by atoms with van der Waals surface area (Å²) >= 11 is 6.26. The molecule has 1 atom stereocenters. The maximum absolute atomic E-state index is 6.26. The van der Waals surface area contributed by atoms with Gasteiger partial charge in [0, 0.05) is 17.4 Å². The van der Waals surface area contributed by atoms with Crippen molar-refractivity contribution in [3.63, 3.8) is 0 Å². The van der Waals surface area contributed by atoms with E-state index in [0.29, 0.717) is 12.3 Å². The Kier molecular flexibility index (Phi) is 4.07. The van der Waals surface area contributed by atoms with Crippen LogP contribution >= 0.6 is 11.6 Å². The summed E-state index contributed by atoms with van der Waals surface area (Å²) in [7, 11) is 0. The maximum atomic E-state index is 6.26. The van der Waals surface area contributed by atoms with Crippen molar-refractivity contribution < 1.29 is 0 Å². The molecule has 1 heteroatoms. The molecule has 0 aliphatic heterocycles. The van der Waals surface area contributed by atoms with Gasteiger partial charge < -0.3 is 0 Å². The summed E-state index contributed by atoms with van der Waals surface area (Å²) in [4.78, 5) is 0. The normalized spacial score (nSPS) is 22.7. The third-order valence-electron chi connectivity index (χ3n) is 3.01. The van der Waals surface area contributed by atoms with Gasteiger partial charge in [0.1, 0.15) is 0 Å². The zero-order valence-electron chi connectivity index (χ0n) is 9.91. The lowest BCUT2D eigenvalue weighted by Gasteiger charge is -2.14. The molecule has 0 aromatic heterocycles. The first kappa shape index (κ1) is 12.0. The molecule has 0 fully saturated rings. The van der Waals surface area contributed by atoms with E-state index in [2.05, 4.69) is 49.1 Å². The quantitative estimate of drug-likeness (QED) is 0.625. The van der Waals surface area contributed by atoms with Crippen molar-refractivity contribution in [2.24, 2.45) is 5.92 Å².